The quantitative estimate of drug-likeness (QED) is 0.358. The maximum atomic E-state index is 12.9. The number of morpholine rings is 1. The molecule has 0 radical (unpaired) electrons. The third-order valence-corrected chi connectivity index (χ3v) is 7.00. The molecular weight excluding hydrogens is 459 g/mol. The number of esters is 1. The molecule has 1 aliphatic rings. The zero-order valence-corrected chi connectivity index (χ0v) is 17.7. The Labute approximate surface area is 182 Å². The number of rotatable bonds is 6. The van der Waals surface area contributed by atoms with Crippen LogP contribution >= 0.6 is 23.2 Å². The van der Waals surface area contributed by atoms with E-state index in [9.17, 15) is 23.3 Å². The summed E-state index contributed by atoms with van der Waals surface area (Å²) in [4.78, 5) is 22.5. The van der Waals surface area contributed by atoms with E-state index in [0.717, 1.165) is 6.07 Å². The van der Waals surface area contributed by atoms with Crippen molar-refractivity contribution in [3.63, 3.8) is 0 Å². The smallest absolute Gasteiger partial charge is 0.340 e. The molecule has 2 aromatic carbocycles. The van der Waals surface area contributed by atoms with Crippen LogP contribution in [0.4, 0.5) is 5.69 Å². The number of nitro groups is 1. The van der Waals surface area contributed by atoms with Gasteiger partial charge in [-0.2, -0.15) is 4.31 Å². The van der Waals surface area contributed by atoms with E-state index in [2.05, 4.69) is 0 Å². The van der Waals surface area contributed by atoms with E-state index in [1.807, 2.05) is 0 Å². The Morgan fingerprint density at radius 3 is 2.53 bits per heavy atom. The lowest BCUT2D eigenvalue weighted by atomic mass is 10.2. The number of non-ortho nitro benzene ring substituents is 1. The van der Waals surface area contributed by atoms with Gasteiger partial charge < -0.3 is 9.47 Å². The molecule has 3 rings (SSSR count). The molecule has 1 heterocycles. The highest BCUT2D eigenvalue weighted by molar-refractivity contribution is 7.89. The fourth-order valence-corrected chi connectivity index (χ4v) is 5.03. The number of sulfonamides is 1. The maximum absolute atomic E-state index is 12.9. The topological polar surface area (TPSA) is 116 Å². The van der Waals surface area contributed by atoms with Gasteiger partial charge >= 0.3 is 5.97 Å². The van der Waals surface area contributed by atoms with Crippen LogP contribution in [0.25, 0.3) is 0 Å². The molecule has 1 fully saturated rings. The highest BCUT2D eigenvalue weighted by atomic mass is 35.5. The third kappa shape index (κ3) is 4.90. The van der Waals surface area contributed by atoms with E-state index >= 15 is 0 Å². The van der Waals surface area contributed by atoms with Crippen LogP contribution in [0, 0.1) is 10.1 Å². The second-order valence-corrected chi connectivity index (χ2v) is 9.00. The average Bonchev–Trinajstić information content (AvgIpc) is 2.72. The highest BCUT2D eigenvalue weighted by Gasteiger charge is 2.30. The standard InChI is InChI=1S/C18H16Cl2N2O7S/c19-15-10-16(20)17(30(26,27)21-4-6-28-7-5-21)9-14(15)18(23)29-11-12-2-1-3-13(8-12)22(24)25/h1-3,8-10H,4-7,11H2. The first kappa shape index (κ1) is 22.4. The number of hydrogen-bond acceptors (Lipinski definition) is 7. The van der Waals surface area contributed by atoms with Gasteiger partial charge in [0.15, 0.2) is 0 Å². The van der Waals surface area contributed by atoms with Crippen LogP contribution in [0.2, 0.25) is 10.0 Å². The lowest BCUT2D eigenvalue weighted by Gasteiger charge is -2.26. The Morgan fingerprint density at radius 1 is 1.17 bits per heavy atom. The number of nitro benzene ring substituents is 1. The van der Waals surface area contributed by atoms with Gasteiger partial charge in [0.2, 0.25) is 10.0 Å². The number of carbonyl (C=O) groups excluding carboxylic acids is 1. The van der Waals surface area contributed by atoms with Crippen molar-refractivity contribution in [3.8, 4) is 0 Å². The minimum atomic E-state index is -3.97. The molecule has 0 aliphatic carbocycles. The van der Waals surface area contributed by atoms with Crippen LogP contribution in [0.15, 0.2) is 41.3 Å². The molecule has 30 heavy (non-hydrogen) atoms. The van der Waals surface area contributed by atoms with Crippen molar-refractivity contribution in [2.45, 2.75) is 11.5 Å². The summed E-state index contributed by atoms with van der Waals surface area (Å²) in [5.41, 5.74) is 0.0640. The van der Waals surface area contributed by atoms with E-state index < -0.39 is 20.9 Å². The van der Waals surface area contributed by atoms with Gasteiger partial charge in [0.1, 0.15) is 11.5 Å². The molecule has 0 spiro atoms. The fraction of sp³-hybridized carbons (Fsp3) is 0.278. The summed E-state index contributed by atoms with van der Waals surface area (Å²) in [7, 11) is -3.97. The minimum absolute atomic E-state index is 0.0787. The molecule has 0 unspecified atom stereocenters. The number of nitrogens with zero attached hydrogens (tertiary/aromatic N) is 2. The average molecular weight is 475 g/mol. The van der Waals surface area contributed by atoms with E-state index in [-0.39, 0.29) is 59.1 Å². The Kier molecular flexibility index (Phi) is 6.94. The third-order valence-electron chi connectivity index (χ3n) is 4.32. The zero-order valence-electron chi connectivity index (χ0n) is 15.4. The van der Waals surface area contributed by atoms with Crippen molar-refractivity contribution < 1.29 is 27.6 Å². The summed E-state index contributed by atoms with van der Waals surface area (Å²) in [6, 6.07) is 7.84. The molecule has 0 N–H and O–H groups in total. The summed E-state index contributed by atoms with van der Waals surface area (Å²) in [5, 5.41) is 10.6. The predicted octanol–water partition coefficient (Wildman–Crippen LogP) is 3.28. The first-order valence-electron chi connectivity index (χ1n) is 8.67. The molecule has 9 nitrogen and oxygen atoms in total. The van der Waals surface area contributed by atoms with E-state index in [1.54, 1.807) is 6.07 Å². The summed E-state index contributed by atoms with van der Waals surface area (Å²) in [5.74, 6) is -0.887. The monoisotopic (exact) mass is 474 g/mol. The van der Waals surface area contributed by atoms with Crippen molar-refractivity contribution in [2.24, 2.45) is 0 Å². The molecule has 0 aromatic heterocycles. The largest absolute Gasteiger partial charge is 0.457 e. The number of benzene rings is 2. The van der Waals surface area contributed by atoms with Gasteiger partial charge in [-0.3, -0.25) is 10.1 Å². The summed E-state index contributed by atoms with van der Waals surface area (Å²) in [6.07, 6.45) is 0. The first-order valence-corrected chi connectivity index (χ1v) is 10.9. The van der Waals surface area contributed by atoms with Gasteiger partial charge in [0.05, 0.1) is 33.7 Å². The molecule has 1 saturated heterocycles. The minimum Gasteiger partial charge on any atom is -0.457 e. The second kappa shape index (κ2) is 9.27. The molecule has 0 atom stereocenters. The number of hydrogen-bond donors (Lipinski definition) is 0. The Bertz CT molecular complexity index is 1090. The van der Waals surface area contributed by atoms with Crippen molar-refractivity contribution in [2.75, 3.05) is 26.3 Å². The van der Waals surface area contributed by atoms with Crippen LogP contribution in [-0.4, -0.2) is 49.9 Å². The Balaban J connectivity index is 1.83. The Morgan fingerprint density at radius 2 is 1.87 bits per heavy atom. The van der Waals surface area contributed by atoms with E-state index in [1.165, 1.54) is 28.6 Å². The van der Waals surface area contributed by atoms with Crippen LogP contribution < -0.4 is 0 Å². The maximum Gasteiger partial charge on any atom is 0.340 e. The van der Waals surface area contributed by atoms with Gasteiger partial charge in [0, 0.05) is 25.2 Å². The van der Waals surface area contributed by atoms with E-state index in [0.29, 0.717) is 5.56 Å². The second-order valence-electron chi connectivity index (χ2n) is 6.28. The summed E-state index contributed by atoms with van der Waals surface area (Å²) < 4.78 is 37.3. The van der Waals surface area contributed by atoms with Gasteiger partial charge in [-0.1, -0.05) is 35.3 Å². The van der Waals surface area contributed by atoms with Crippen LogP contribution in [0.1, 0.15) is 15.9 Å². The number of carbonyl (C=O) groups is 1. The molecule has 2 aromatic rings. The van der Waals surface area contributed by atoms with Crippen LogP contribution in [0.5, 0.6) is 0 Å². The molecular formula is C18H16Cl2N2O7S. The molecule has 0 bridgehead atoms. The van der Waals surface area contributed by atoms with Crippen LogP contribution in [0.3, 0.4) is 0 Å². The highest BCUT2D eigenvalue weighted by Crippen LogP contribution is 2.31. The van der Waals surface area contributed by atoms with Gasteiger partial charge in [-0.15, -0.1) is 0 Å². The zero-order chi connectivity index (χ0) is 21.9. The van der Waals surface area contributed by atoms with Gasteiger partial charge in [-0.05, 0) is 17.7 Å². The number of halogens is 2. The molecule has 0 saturated carbocycles. The lowest BCUT2D eigenvalue weighted by Crippen LogP contribution is -2.40. The fourth-order valence-electron chi connectivity index (χ4n) is 2.80. The van der Waals surface area contributed by atoms with Gasteiger partial charge in [0.25, 0.3) is 5.69 Å². The van der Waals surface area contributed by atoms with Crippen LogP contribution in [-0.2, 0) is 26.1 Å². The lowest BCUT2D eigenvalue weighted by molar-refractivity contribution is -0.384. The molecule has 12 heteroatoms. The summed E-state index contributed by atoms with van der Waals surface area (Å²) in [6.45, 7) is 0.567. The van der Waals surface area contributed by atoms with Crippen molar-refractivity contribution in [1.82, 2.24) is 4.31 Å². The van der Waals surface area contributed by atoms with E-state index in [4.69, 9.17) is 32.7 Å². The first-order chi connectivity index (χ1) is 14.2. The summed E-state index contributed by atoms with van der Waals surface area (Å²) >= 11 is 12.2. The van der Waals surface area contributed by atoms with Crippen molar-refractivity contribution in [1.29, 1.82) is 0 Å². The molecule has 0 amide bonds. The molecule has 1 aliphatic heterocycles. The molecule has 160 valence electrons. The number of ether oxygens (including phenoxy) is 2. The predicted molar refractivity (Wildman–Crippen MR) is 108 cm³/mol. The normalized spacial score (nSPS) is 15.0. The van der Waals surface area contributed by atoms with Gasteiger partial charge in [-0.25, -0.2) is 13.2 Å². The SMILES string of the molecule is O=C(OCc1cccc([N+](=O)[O-])c1)c1cc(S(=O)(=O)N2CCOCC2)c(Cl)cc1Cl. The van der Waals surface area contributed by atoms with Crippen molar-refractivity contribution >= 4 is 44.9 Å². The van der Waals surface area contributed by atoms with Crippen molar-refractivity contribution in [3.05, 3.63) is 67.7 Å². The Hall–Kier alpha value is -2.24.